The molecular weight excluding hydrogens is 426 g/mol. The number of carbonyl (C=O) groups excluding carboxylic acids is 2. The van der Waals surface area contributed by atoms with Crippen molar-refractivity contribution in [2.45, 2.75) is 18.9 Å². The van der Waals surface area contributed by atoms with Crippen molar-refractivity contribution in [1.29, 1.82) is 0 Å². The average Bonchev–Trinajstić information content (AvgIpc) is 2.81. The van der Waals surface area contributed by atoms with Gasteiger partial charge in [-0.25, -0.2) is 4.79 Å². The molecule has 0 fully saturated rings. The van der Waals surface area contributed by atoms with E-state index in [1.807, 2.05) is 60.7 Å². The molecule has 7 heteroatoms. The number of anilines is 2. The van der Waals surface area contributed by atoms with Crippen molar-refractivity contribution < 1.29 is 14.3 Å². The molecule has 3 N–H and O–H groups in total. The lowest BCUT2D eigenvalue weighted by atomic mass is 10.0. The summed E-state index contributed by atoms with van der Waals surface area (Å²) in [5, 5.41) is 9.36. The third kappa shape index (κ3) is 7.03. The summed E-state index contributed by atoms with van der Waals surface area (Å²) in [5.41, 5.74) is 3.17. The fourth-order valence-electron chi connectivity index (χ4n) is 3.25. The smallest absolute Gasteiger partial charge is 0.411 e. The lowest BCUT2D eigenvalue weighted by Crippen LogP contribution is -2.42. The molecule has 0 saturated carbocycles. The first-order valence-electron chi connectivity index (χ1n) is 10.3. The molecule has 1 unspecified atom stereocenters. The highest BCUT2D eigenvalue weighted by atomic mass is 35.5. The zero-order chi connectivity index (χ0) is 22.8. The van der Waals surface area contributed by atoms with Gasteiger partial charge in [0.05, 0.1) is 18.5 Å². The van der Waals surface area contributed by atoms with Gasteiger partial charge in [0.25, 0.3) is 0 Å². The Hall–Kier alpha value is -3.51. The summed E-state index contributed by atoms with van der Waals surface area (Å²) in [6.45, 7) is 0.518. The largest absolute Gasteiger partial charge is 0.453 e. The zero-order valence-electron chi connectivity index (χ0n) is 17.8. The van der Waals surface area contributed by atoms with Crippen LogP contribution in [0.1, 0.15) is 11.1 Å². The number of amides is 2. The average molecular weight is 452 g/mol. The number of ether oxygens (including phenoxy) is 1. The Balaban J connectivity index is 1.75. The third-order valence-electron chi connectivity index (χ3n) is 4.89. The quantitative estimate of drug-likeness (QED) is 0.432. The molecule has 0 aliphatic heterocycles. The van der Waals surface area contributed by atoms with E-state index in [4.69, 9.17) is 16.3 Å². The van der Waals surface area contributed by atoms with Crippen molar-refractivity contribution >= 4 is 35.0 Å². The molecule has 3 aromatic carbocycles. The summed E-state index contributed by atoms with van der Waals surface area (Å²) in [6, 6.07) is 24.2. The predicted octanol–water partition coefficient (Wildman–Crippen LogP) is 4.90. The molecule has 0 saturated heterocycles. The number of halogens is 1. The maximum Gasteiger partial charge on any atom is 0.411 e. The lowest BCUT2D eigenvalue weighted by Gasteiger charge is -2.22. The number of rotatable bonds is 9. The van der Waals surface area contributed by atoms with Crippen LogP contribution in [0, 0.1) is 0 Å². The minimum Gasteiger partial charge on any atom is -0.453 e. The molecule has 0 radical (unpaired) electrons. The van der Waals surface area contributed by atoms with Crippen LogP contribution in [0.4, 0.5) is 16.2 Å². The molecule has 32 heavy (non-hydrogen) atoms. The number of nitrogens with one attached hydrogen (secondary N) is 3. The fraction of sp³-hybridized carbons (Fsp3) is 0.200. The molecule has 0 heterocycles. The molecular formula is C25H26ClN3O3. The summed E-state index contributed by atoms with van der Waals surface area (Å²) >= 11 is 6.10. The molecule has 0 aliphatic rings. The standard InChI is InChI=1S/C25H26ClN3O3/c1-32-25(31)29-22-17-20(26)12-13-21(22)28-23(16-19-10-6-3-7-11-19)24(30)27-15-14-18-8-4-2-5-9-18/h2-13,17,23,28H,14-16H2,1H3,(H,27,30)(H,29,31). The van der Waals surface area contributed by atoms with Gasteiger partial charge in [0.15, 0.2) is 0 Å². The molecule has 1 atom stereocenters. The summed E-state index contributed by atoms with van der Waals surface area (Å²) in [7, 11) is 1.28. The normalized spacial score (nSPS) is 11.3. The van der Waals surface area contributed by atoms with Crippen LogP contribution in [-0.4, -0.2) is 31.7 Å². The first-order chi connectivity index (χ1) is 15.5. The van der Waals surface area contributed by atoms with E-state index in [0.29, 0.717) is 29.4 Å². The van der Waals surface area contributed by atoms with Crippen LogP contribution in [0.5, 0.6) is 0 Å². The fourth-order valence-corrected chi connectivity index (χ4v) is 3.42. The van der Waals surface area contributed by atoms with Gasteiger partial charge >= 0.3 is 6.09 Å². The Kier molecular flexibility index (Phi) is 8.52. The van der Waals surface area contributed by atoms with E-state index in [1.54, 1.807) is 18.2 Å². The van der Waals surface area contributed by atoms with Crippen LogP contribution in [0.3, 0.4) is 0 Å². The Morgan fingerprint density at radius 2 is 1.56 bits per heavy atom. The van der Waals surface area contributed by atoms with Gasteiger partial charge in [0.1, 0.15) is 6.04 Å². The second-order valence-corrected chi connectivity index (χ2v) is 7.66. The van der Waals surface area contributed by atoms with E-state index in [2.05, 4.69) is 16.0 Å². The van der Waals surface area contributed by atoms with Gasteiger partial charge in [0.2, 0.25) is 5.91 Å². The molecule has 2 amide bonds. The number of hydrogen-bond acceptors (Lipinski definition) is 4. The van der Waals surface area contributed by atoms with Gasteiger partial charge in [-0.1, -0.05) is 72.3 Å². The van der Waals surface area contributed by atoms with Gasteiger partial charge in [-0.05, 0) is 35.7 Å². The zero-order valence-corrected chi connectivity index (χ0v) is 18.6. The van der Waals surface area contributed by atoms with Crippen LogP contribution in [0.2, 0.25) is 5.02 Å². The Labute approximate surface area is 192 Å². The van der Waals surface area contributed by atoms with Crippen LogP contribution < -0.4 is 16.0 Å². The van der Waals surface area contributed by atoms with Crippen LogP contribution in [-0.2, 0) is 22.4 Å². The van der Waals surface area contributed by atoms with Crippen molar-refractivity contribution in [3.8, 4) is 0 Å². The topological polar surface area (TPSA) is 79.5 Å². The molecule has 3 rings (SSSR count). The van der Waals surface area contributed by atoms with E-state index in [1.165, 1.54) is 7.11 Å². The van der Waals surface area contributed by atoms with Gasteiger partial charge in [-0.3, -0.25) is 10.1 Å². The minimum absolute atomic E-state index is 0.135. The SMILES string of the molecule is COC(=O)Nc1cc(Cl)ccc1NC(Cc1ccccc1)C(=O)NCCc1ccccc1. The number of methoxy groups -OCH3 is 1. The minimum atomic E-state index is -0.623. The van der Waals surface area contributed by atoms with E-state index in [-0.39, 0.29) is 5.91 Å². The Morgan fingerprint density at radius 3 is 2.22 bits per heavy atom. The molecule has 0 bridgehead atoms. The highest BCUT2D eigenvalue weighted by Gasteiger charge is 2.20. The van der Waals surface area contributed by atoms with Crippen LogP contribution in [0.25, 0.3) is 0 Å². The van der Waals surface area contributed by atoms with Crippen molar-refractivity contribution in [2.24, 2.45) is 0 Å². The van der Waals surface area contributed by atoms with Crippen molar-refractivity contribution in [3.05, 3.63) is 95.0 Å². The highest BCUT2D eigenvalue weighted by Crippen LogP contribution is 2.27. The number of carbonyl (C=O) groups is 2. The van der Waals surface area contributed by atoms with Crippen molar-refractivity contribution in [3.63, 3.8) is 0 Å². The van der Waals surface area contributed by atoms with Crippen LogP contribution in [0.15, 0.2) is 78.9 Å². The van der Waals surface area contributed by atoms with E-state index >= 15 is 0 Å². The highest BCUT2D eigenvalue weighted by molar-refractivity contribution is 6.31. The number of benzene rings is 3. The maximum atomic E-state index is 13.1. The molecule has 6 nitrogen and oxygen atoms in total. The van der Waals surface area contributed by atoms with Gasteiger partial charge in [0, 0.05) is 18.0 Å². The van der Waals surface area contributed by atoms with Crippen molar-refractivity contribution in [2.75, 3.05) is 24.3 Å². The van der Waals surface area contributed by atoms with Crippen LogP contribution >= 0.6 is 11.6 Å². The molecule has 0 aromatic heterocycles. The van der Waals surface area contributed by atoms with Gasteiger partial charge in [-0.15, -0.1) is 0 Å². The van der Waals surface area contributed by atoms with Gasteiger partial charge < -0.3 is 15.4 Å². The second-order valence-electron chi connectivity index (χ2n) is 7.22. The second kappa shape index (κ2) is 11.8. The third-order valence-corrected chi connectivity index (χ3v) is 5.12. The number of hydrogen-bond donors (Lipinski definition) is 3. The summed E-state index contributed by atoms with van der Waals surface area (Å²) < 4.78 is 4.69. The van der Waals surface area contributed by atoms with Crippen molar-refractivity contribution in [1.82, 2.24) is 5.32 Å². The van der Waals surface area contributed by atoms with Gasteiger partial charge in [-0.2, -0.15) is 0 Å². The lowest BCUT2D eigenvalue weighted by molar-refractivity contribution is -0.121. The Bertz CT molecular complexity index is 1030. The monoisotopic (exact) mass is 451 g/mol. The summed E-state index contributed by atoms with van der Waals surface area (Å²) in [6.07, 6.45) is 0.584. The maximum absolute atomic E-state index is 13.1. The molecule has 3 aromatic rings. The van der Waals surface area contributed by atoms with E-state index < -0.39 is 12.1 Å². The predicted molar refractivity (Wildman–Crippen MR) is 128 cm³/mol. The van der Waals surface area contributed by atoms with E-state index in [9.17, 15) is 9.59 Å². The Morgan fingerprint density at radius 1 is 0.906 bits per heavy atom. The molecule has 0 aliphatic carbocycles. The first kappa shape index (κ1) is 23.2. The first-order valence-corrected chi connectivity index (χ1v) is 10.7. The molecule has 166 valence electrons. The summed E-state index contributed by atoms with van der Waals surface area (Å²) in [4.78, 5) is 24.8. The van der Waals surface area contributed by atoms with E-state index in [0.717, 1.165) is 17.5 Å². The summed E-state index contributed by atoms with van der Waals surface area (Å²) in [5.74, 6) is -0.135. The molecule has 0 spiro atoms.